The number of methoxy groups -OCH3 is 1. The molecule has 0 aliphatic rings. The molecule has 10 rings (SSSR count). The number of hydrogen-bond acceptors (Lipinski definition) is 15. The molecule has 4 aromatic heterocycles. The standard InChI is InChI=1S/C28H24N4O4S.C26H20N4O3S/c1-36-13-12-30-24-23(25(33)26(24)34)17-5-4-6-19(15-17)32-28(35)27-22(10-14-37-27)31-16-18-9-11-29-21-8-3-2-7-20(18)21;1-27-22-21(23(31)24(22)32)15-5-4-6-17(13-15)30-26(33)25-20(10-12-34-25)29-14-16-9-11-28-19-8-3-2-7-18(16)19/h2-11,14-15,30-31H,12-13,16H2,1H3,(H,32,35);2-13,27,29H,14H2,1H3,(H,30,33). The molecular weight excluding hydrogens is 937 g/mol. The van der Waals surface area contributed by atoms with Crippen molar-refractivity contribution in [1.82, 2.24) is 9.97 Å². The quantitative estimate of drug-likeness (QED) is 0.0372. The summed E-state index contributed by atoms with van der Waals surface area (Å²) in [6.07, 6.45) is 3.56. The molecule has 0 bridgehead atoms. The zero-order chi connectivity index (χ0) is 49.4. The molecule has 10 aromatic rings. The molecule has 0 saturated heterocycles. The van der Waals surface area contributed by atoms with Crippen molar-refractivity contribution in [3.05, 3.63) is 206 Å². The summed E-state index contributed by atoms with van der Waals surface area (Å²) in [4.78, 5) is 84.1. The average Bonchev–Trinajstić information content (AvgIpc) is 4.09. The van der Waals surface area contributed by atoms with Gasteiger partial charge in [0, 0.05) is 68.3 Å². The van der Waals surface area contributed by atoms with E-state index in [0.29, 0.717) is 75.3 Å². The van der Waals surface area contributed by atoms with Crippen LogP contribution in [-0.2, 0) is 17.8 Å². The van der Waals surface area contributed by atoms with Crippen LogP contribution in [0.25, 0.3) is 44.1 Å². The minimum atomic E-state index is -0.545. The summed E-state index contributed by atoms with van der Waals surface area (Å²) < 4.78 is 5.00. The van der Waals surface area contributed by atoms with Gasteiger partial charge in [0.2, 0.25) is 21.7 Å². The molecule has 354 valence electrons. The Morgan fingerprint density at radius 1 is 0.549 bits per heavy atom. The molecule has 0 spiro atoms. The Balaban J connectivity index is 0.000000176. The molecule has 0 aliphatic heterocycles. The molecule has 6 aromatic carbocycles. The Labute approximate surface area is 413 Å². The average molecular weight is 981 g/mol. The lowest BCUT2D eigenvalue weighted by Gasteiger charge is -2.14. The summed E-state index contributed by atoms with van der Waals surface area (Å²) >= 11 is 2.68. The number of carbonyl (C=O) groups excluding carboxylic acids is 2. The molecule has 2 amide bonds. The van der Waals surface area contributed by atoms with Gasteiger partial charge in [-0.3, -0.25) is 38.7 Å². The van der Waals surface area contributed by atoms with Crippen molar-refractivity contribution in [1.29, 1.82) is 0 Å². The van der Waals surface area contributed by atoms with E-state index in [1.807, 2.05) is 83.6 Å². The number of rotatable bonds is 17. The zero-order valence-corrected chi connectivity index (χ0v) is 39.9. The number of benzene rings is 4. The maximum absolute atomic E-state index is 13.1. The largest absolute Gasteiger partial charge is 0.384 e. The predicted molar refractivity (Wildman–Crippen MR) is 286 cm³/mol. The van der Waals surface area contributed by atoms with E-state index in [-0.39, 0.29) is 17.5 Å². The first kappa shape index (κ1) is 47.4. The lowest BCUT2D eigenvalue weighted by molar-refractivity contribution is 0.102. The molecule has 15 nitrogen and oxygen atoms in total. The molecule has 0 aliphatic carbocycles. The second-order valence-corrected chi connectivity index (χ2v) is 17.9. The lowest BCUT2D eigenvalue weighted by atomic mass is 9.98. The van der Waals surface area contributed by atoms with Crippen molar-refractivity contribution in [2.45, 2.75) is 13.1 Å². The van der Waals surface area contributed by atoms with Crippen LogP contribution in [0.1, 0.15) is 30.5 Å². The number of thiophene rings is 2. The van der Waals surface area contributed by atoms with Crippen LogP contribution in [0.4, 0.5) is 34.1 Å². The topological polar surface area (TPSA) is 210 Å². The van der Waals surface area contributed by atoms with E-state index < -0.39 is 21.7 Å². The van der Waals surface area contributed by atoms with E-state index in [9.17, 15) is 28.8 Å². The zero-order valence-electron chi connectivity index (χ0n) is 38.3. The van der Waals surface area contributed by atoms with E-state index in [1.54, 1.807) is 75.1 Å². The van der Waals surface area contributed by atoms with E-state index in [2.05, 4.69) is 41.9 Å². The second-order valence-electron chi connectivity index (χ2n) is 16.1. The van der Waals surface area contributed by atoms with Gasteiger partial charge in [0.1, 0.15) is 9.75 Å². The van der Waals surface area contributed by atoms with E-state index >= 15 is 0 Å². The van der Waals surface area contributed by atoms with Crippen LogP contribution in [0.15, 0.2) is 164 Å². The van der Waals surface area contributed by atoms with Crippen LogP contribution in [0.2, 0.25) is 0 Å². The van der Waals surface area contributed by atoms with Gasteiger partial charge in [0.05, 0.1) is 51.5 Å². The third kappa shape index (κ3) is 10.1. The second kappa shape index (κ2) is 21.3. The molecule has 71 heavy (non-hydrogen) atoms. The molecule has 0 saturated carbocycles. The van der Waals surface area contributed by atoms with Crippen molar-refractivity contribution in [3.63, 3.8) is 0 Å². The molecule has 17 heteroatoms. The Morgan fingerprint density at radius 3 is 1.52 bits per heavy atom. The highest BCUT2D eigenvalue weighted by atomic mass is 32.1. The maximum Gasteiger partial charge on any atom is 0.267 e. The van der Waals surface area contributed by atoms with Gasteiger partial charge >= 0.3 is 0 Å². The van der Waals surface area contributed by atoms with E-state index in [0.717, 1.165) is 44.3 Å². The van der Waals surface area contributed by atoms with Crippen molar-refractivity contribution in [3.8, 4) is 22.3 Å². The monoisotopic (exact) mass is 980 g/mol. The predicted octanol–water partition coefficient (Wildman–Crippen LogP) is 8.95. The molecule has 0 fully saturated rings. The van der Waals surface area contributed by atoms with Gasteiger partial charge in [-0.2, -0.15) is 0 Å². The number of para-hydroxylation sites is 2. The Hall–Kier alpha value is -8.64. The fourth-order valence-electron chi connectivity index (χ4n) is 8.15. The van der Waals surface area contributed by atoms with Gasteiger partial charge in [-0.25, -0.2) is 0 Å². The third-order valence-corrected chi connectivity index (χ3v) is 13.5. The number of ether oxygens (including phenoxy) is 1. The first-order valence-electron chi connectivity index (χ1n) is 22.3. The number of nitrogens with one attached hydrogen (secondary N) is 6. The van der Waals surface area contributed by atoms with E-state index in [4.69, 9.17) is 4.74 Å². The summed E-state index contributed by atoms with van der Waals surface area (Å²) in [6, 6.07) is 37.4. The van der Waals surface area contributed by atoms with Crippen molar-refractivity contribution in [2.24, 2.45) is 0 Å². The van der Waals surface area contributed by atoms with Gasteiger partial charge in [-0.15, -0.1) is 22.7 Å². The highest BCUT2D eigenvalue weighted by Gasteiger charge is 2.24. The number of aromatic nitrogens is 2. The summed E-state index contributed by atoms with van der Waals surface area (Å²) in [5, 5.41) is 24.1. The number of nitrogens with zero attached hydrogens (tertiary/aromatic N) is 2. The molecule has 4 heterocycles. The van der Waals surface area contributed by atoms with Gasteiger partial charge < -0.3 is 36.6 Å². The highest BCUT2D eigenvalue weighted by molar-refractivity contribution is 7.13. The summed E-state index contributed by atoms with van der Waals surface area (Å²) in [5.41, 5.74) is 6.78. The molecule has 0 unspecified atom stereocenters. The van der Waals surface area contributed by atoms with Gasteiger partial charge in [0.25, 0.3) is 11.8 Å². The normalized spacial score (nSPS) is 11.0. The van der Waals surface area contributed by atoms with Crippen LogP contribution < -0.4 is 53.6 Å². The molecular formula is C54H44N8O7S2. The fourth-order valence-corrected chi connectivity index (χ4v) is 9.68. The lowest BCUT2D eigenvalue weighted by Crippen LogP contribution is -2.36. The summed E-state index contributed by atoms with van der Waals surface area (Å²) in [7, 11) is 3.16. The number of hydrogen-bond donors (Lipinski definition) is 6. The highest BCUT2D eigenvalue weighted by Crippen LogP contribution is 2.31. The number of amides is 2. The summed E-state index contributed by atoms with van der Waals surface area (Å²) in [6.45, 7) is 1.91. The van der Waals surface area contributed by atoms with Crippen LogP contribution in [0, 0.1) is 0 Å². The number of anilines is 6. The minimum Gasteiger partial charge on any atom is -0.384 e. The van der Waals surface area contributed by atoms with Crippen LogP contribution in [0.5, 0.6) is 0 Å². The van der Waals surface area contributed by atoms with Gasteiger partial charge in [-0.1, -0.05) is 60.7 Å². The Bertz CT molecular complexity index is 3730. The van der Waals surface area contributed by atoms with Crippen LogP contribution in [0.3, 0.4) is 0 Å². The first-order chi connectivity index (χ1) is 34.6. The van der Waals surface area contributed by atoms with Gasteiger partial charge in [0.15, 0.2) is 0 Å². The molecule has 0 atom stereocenters. The van der Waals surface area contributed by atoms with Crippen molar-refractivity contribution >= 4 is 90.4 Å². The van der Waals surface area contributed by atoms with Crippen LogP contribution in [-0.4, -0.2) is 49.1 Å². The summed E-state index contributed by atoms with van der Waals surface area (Å²) in [5.74, 6) is -0.522. The molecule has 0 radical (unpaired) electrons. The van der Waals surface area contributed by atoms with Crippen LogP contribution >= 0.6 is 22.7 Å². The maximum atomic E-state index is 13.1. The number of fused-ring (bicyclic) bond motifs is 2. The first-order valence-corrected chi connectivity index (χ1v) is 24.1. The van der Waals surface area contributed by atoms with Crippen molar-refractivity contribution < 1.29 is 14.3 Å². The SMILES string of the molecule is CNc1c(-c2cccc(NC(=O)c3sccc3NCc3ccnc4ccccc34)c2)c(=O)c1=O.COCCNc1c(-c2cccc(NC(=O)c3sccc3NCc3ccnc4ccccc34)c2)c(=O)c1=O. The minimum absolute atomic E-state index is 0.256. The molecule has 6 N–H and O–H groups in total. The van der Waals surface area contributed by atoms with Crippen molar-refractivity contribution in [2.75, 3.05) is 59.2 Å². The van der Waals surface area contributed by atoms with E-state index in [1.165, 1.54) is 22.7 Å². The van der Waals surface area contributed by atoms with Gasteiger partial charge in [-0.05, 0) is 93.7 Å². The number of pyridine rings is 2. The fraction of sp³-hybridized carbons (Fsp3) is 0.111. The number of carbonyl (C=O) groups is 2. The Morgan fingerprint density at radius 2 is 1.03 bits per heavy atom. The Kier molecular flexibility index (Phi) is 14.3. The smallest absolute Gasteiger partial charge is 0.267 e. The third-order valence-electron chi connectivity index (χ3n) is 11.7.